The summed E-state index contributed by atoms with van der Waals surface area (Å²) in [7, 11) is 66.4. The molecule has 0 aliphatic carbocycles. The molecule has 75 heavy (non-hydrogen) atoms. The summed E-state index contributed by atoms with van der Waals surface area (Å²) in [6.07, 6.45) is 0. The molecule has 0 aliphatic rings. The Bertz CT molecular complexity index is 4330. The second-order valence-electron chi connectivity index (χ2n) is 24.3. The van der Waals surface area contributed by atoms with Crippen LogP contribution in [0.15, 0.2) is 4.42 Å². The predicted molar refractivity (Wildman–Crippen MR) is 429 cm³/mol. The molecule has 1 heterocycles. The fraction of sp³-hybridized carbons (Fsp3) is 0. The number of hydrogen-bond donors (Lipinski definition) is 0. The maximum Gasteiger partial charge on any atom is 0.145 e. The first-order valence-electron chi connectivity index (χ1n) is 27.9. The first kappa shape index (κ1) is 54.0. The lowest BCUT2D eigenvalue weighted by Gasteiger charge is -2.32. The van der Waals surface area contributed by atoms with Gasteiger partial charge >= 0.3 is 0 Å². The summed E-state index contributed by atoms with van der Waals surface area (Å²) >= 11 is 0. The highest BCUT2D eigenvalue weighted by atomic mass is 16.3. The molecule has 0 N–H and O–H groups in total. The number of furan rings is 1. The van der Waals surface area contributed by atoms with Gasteiger partial charge in [0.1, 0.15) is 231 Å². The van der Waals surface area contributed by atoms with Crippen molar-refractivity contribution in [3.8, 4) is 33.4 Å². The maximum absolute atomic E-state index is 7.46. The minimum Gasteiger partial charge on any atom is -0.457 e. The van der Waals surface area contributed by atoms with E-state index in [0.717, 1.165) is 11.2 Å². The van der Waals surface area contributed by atoms with Gasteiger partial charge in [0, 0.05) is 10.8 Å². The fourth-order valence-electron chi connectivity index (χ4n) is 15.3. The summed E-state index contributed by atoms with van der Waals surface area (Å²) in [6, 6.07) is 0. The second-order valence-corrected chi connectivity index (χ2v) is 24.3. The Morgan fingerprint density at radius 1 is 0.120 bits per heavy atom. The van der Waals surface area contributed by atoms with Crippen molar-refractivity contribution < 1.29 is 4.42 Å². The van der Waals surface area contributed by atoms with Gasteiger partial charge in [0.25, 0.3) is 0 Å². The van der Waals surface area contributed by atoms with Crippen LogP contribution in [0.2, 0.25) is 0 Å². The number of benzene rings is 9. The third kappa shape index (κ3) is 6.85. The summed E-state index contributed by atoms with van der Waals surface area (Å²) in [5.41, 5.74) is 48.7. The van der Waals surface area contributed by atoms with Gasteiger partial charge in [-0.2, -0.15) is 0 Å². The number of rotatable bonds is 3. The molecule has 0 saturated carbocycles. The molecule has 10 rings (SSSR count). The molecule has 0 atom stereocenters. The molecule has 1 nitrogen and oxygen atoms in total. The van der Waals surface area contributed by atoms with E-state index in [9.17, 15) is 0 Å². The first-order valence-corrected chi connectivity index (χ1v) is 27.9. The Labute approximate surface area is 472 Å². The third-order valence-corrected chi connectivity index (χ3v) is 21.7. The van der Waals surface area contributed by atoms with Crippen LogP contribution >= 0.6 is 0 Å². The van der Waals surface area contributed by atoms with Gasteiger partial charge in [-0.3, -0.25) is 0 Å². The van der Waals surface area contributed by atoms with E-state index in [0.29, 0.717) is 0 Å². The van der Waals surface area contributed by atoms with Crippen LogP contribution in [0, 0.1) is 0 Å². The minimum absolute atomic E-state index is 1.02. The Morgan fingerprint density at radius 3 is 0.720 bits per heavy atom. The summed E-state index contributed by atoms with van der Waals surface area (Å²) in [5, 5.41) is 13.6. The maximum atomic E-state index is 7.46. The van der Waals surface area contributed by atoms with E-state index in [2.05, 4.69) is 220 Å². The first-order chi connectivity index (χ1) is 35.0. The lowest BCUT2D eigenvalue weighted by molar-refractivity contribution is 0.675. The zero-order chi connectivity index (χ0) is 55.3. The predicted octanol–water partition coefficient (Wildman–Crippen LogP) is -35.6. The highest BCUT2D eigenvalue weighted by molar-refractivity contribution is 6.78. The Balaban J connectivity index is 1.50. The summed E-state index contributed by atoms with van der Waals surface area (Å²) in [5.74, 6) is 0. The van der Waals surface area contributed by atoms with E-state index in [1.165, 1.54) is 240 Å². The molecule has 9 aromatic carbocycles. The molecule has 0 bridgehead atoms. The number of fused-ring (bicyclic) bond motifs is 7. The SMILES string of the molecule is Bc1c(B)c(B)c(-c2c(B)c(B)c3c(B)c(-c4c5c(B)c(B)c(B)c(B)c5c(-c5c(B)c(B)c(B)c6oc7c(B)c8c(B)c(B)c(B)c(B)c8c(B)c7c56)c5c(B)c(B)c(B)c(B)c45)c(B)c(B)c3c2B)c(B)c1B. The van der Waals surface area contributed by atoms with E-state index in [4.69, 9.17) is 4.42 Å². The van der Waals surface area contributed by atoms with Crippen LogP contribution in [0.1, 0.15) is 0 Å². The van der Waals surface area contributed by atoms with Crippen molar-refractivity contribution in [1.29, 1.82) is 0 Å². The molecule has 330 valence electrons. The molecule has 0 aliphatic heterocycles. The zero-order valence-corrected chi connectivity index (χ0v) is 51.4. The largest absolute Gasteiger partial charge is 0.457 e. The molecule has 0 unspecified atom stereocenters. The molecule has 1 aromatic heterocycles. The second kappa shape index (κ2) is 18.1. The van der Waals surface area contributed by atoms with Crippen molar-refractivity contribution >= 4 is 438 Å². The molecule has 0 fully saturated rings. The minimum atomic E-state index is 1.02. The van der Waals surface area contributed by atoms with Crippen molar-refractivity contribution in [3.05, 3.63) is 0 Å². The Kier molecular flexibility index (Phi) is 13.0. The topological polar surface area (TPSA) is 13.1 Å². The van der Waals surface area contributed by atoms with E-state index in [1.54, 1.807) is 0 Å². The van der Waals surface area contributed by atoms with Crippen molar-refractivity contribution in [1.82, 2.24) is 0 Å². The smallest absolute Gasteiger partial charge is 0.145 e. The highest BCUT2D eigenvalue weighted by Crippen LogP contribution is 2.43. The fourth-order valence-corrected chi connectivity index (χ4v) is 15.3. The Morgan fingerprint density at radius 2 is 0.333 bits per heavy atom. The van der Waals surface area contributed by atoms with Gasteiger partial charge in [-0.05, 0) is 81.9 Å². The van der Waals surface area contributed by atoms with E-state index >= 15 is 0 Å². The van der Waals surface area contributed by atoms with Crippen LogP contribution < -0.4 is 153 Å². The normalized spacial score (nSPS) is 11.9. The van der Waals surface area contributed by atoms with Crippen LogP contribution in [-0.4, -0.2) is 220 Å². The van der Waals surface area contributed by atoms with E-state index < -0.39 is 0 Å². The molecule has 29 heteroatoms. The molecular formula is C46H56B28O. The number of hydrogen-bond acceptors (Lipinski definition) is 1. The van der Waals surface area contributed by atoms with Gasteiger partial charge in [-0.15, -0.1) is 49.2 Å². The van der Waals surface area contributed by atoms with Crippen molar-refractivity contribution in [2.24, 2.45) is 0 Å². The lowest BCUT2D eigenvalue weighted by Crippen LogP contribution is -2.56. The highest BCUT2D eigenvalue weighted by Gasteiger charge is 2.32. The van der Waals surface area contributed by atoms with Crippen LogP contribution in [0.3, 0.4) is 0 Å². The molecule has 0 spiro atoms. The lowest BCUT2D eigenvalue weighted by atomic mass is 9.55. The monoisotopic (exact) mass is 933 g/mol. The average Bonchev–Trinajstić information content (AvgIpc) is 3.78. The Hall–Kier alpha value is -4.36. The summed E-state index contributed by atoms with van der Waals surface area (Å²) in [4.78, 5) is 0. The van der Waals surface area contributed by atoms with Gasteiger partial charge < -0.3 is 4.42 Å². The summed E-state index contributed by atoms with van der Waals surface area (Å²) < 4.78 is 7.46. The quantitative estimate of drug-likeness (QED) is 0.127. The molecular weight excluding hydrogens is 871 g/mol. The van der Waals surface area contributed by atoms with Gasteiger partial charge in [-0.1, -0.05) is 98.3 Å². The van der Waals surface area contributed by atoms with Crippen LogP contribution in [0.4, 0.5) is 0 Å². The molecule has 0 amide bonds. The van der Waals surface area contributed by atoms with Gasteiger partial charge in [0.05, 0.1) is 0 Å². The van der Waals surface area contributed by atoms with Gasteiger partial charge in [0.15, 0.2) is 0 Å². The molecule has 0 radical (unpaired) electrons. The van der Waals surface area contributed by atoms with E-state index in [1.807, 2.05) is 0 Å². The molecule has 0 saturated heterocycles. The van der Waals surface area contributed by atoms with Gasteiger partial charge in [-0.25, -0.2) is 0 Å². The van der Waals surface area contributed by atoms with Gasteiger partial charge in [0.2, 0.25) is 0 Å². The van der Waals surface area contributed by atoms with Crippen LogP contribution in [0.5, 0.6) is 0 Å². The zero-order valence-electron chi connectivity index (χ0n) is 51.4. The molecule has 10 aromatic rings. The third-order valence-electron chi connectivity index (χ3n) is 21.7. The summed E-state index contributed by atoms with van der Waals surface area (Å²) in [6.45, 7) is 0. The van der Waals surface area contributed by atoms with E-state index in [-0.39, 0.29) is 0 Å². The standard InChI is InChI=1S/C46H56B28O/c47-17-9(25(55)26(56)11-10(17)27(57)28(58)12(18(11)48)14-30(60)40(70)43(73)41(71)31(14)61)2-5-3(20(50)34(64)36(66)22(5)52)1(4-6(2)23(53)37(67)35(65)21(4)51)7-8-16-19(49)13-15(32(62)39(69)38(68)29(13)59)33(63)46(16)75-45(8)44(74)42(72)24(7)54/h47-74H2. The average molecular weight is 928 g/mol. The van der Waals surface area contributed by atoms with Crippen molar-refractivity contribution in [2.45, 2.75) is 0 Å². The van der Waals surface area contributed by atoms with Crippen LogP contribution in [0.25, 0.3) is 98.4 Å². The van der Waals surface area contributed by atoms with Crippen molar-refractivity contribution in [2.75, 3.05) is 0 Å². The van der Waals surface area contributed by atoms with Crippen LogP contribution in [-0.2, 0) is 0 Å². The van der Waals surface area contributed by atoms with Crippen molar-refractivity contribution in [3.63, 3.8) is 0 Å².